The number of carbonyl (C=O) groups excluding carboxylic acids is 1. The van der Waals surface area contributed by atoms with E-state index in [0.29, 0.717) is 51.9 Å². The molecule has 1 aliphatic heterocycles. The third-order valence-electron chi connectivity index (χ3n) is 5.80. The summed E-state index contributed by atoms with van der Waals surface area (Å²) in [6.07, 6.45) is 2.34. The van der Waals surface area contributed by atoms with E-state index in [0.717, 1.165) is 10.9 Å². The standard InChI is InChI=1S/C25H21ClN4O3S/c1-16-13-19(30-11-4-12-34(30,32)33)8-9-20(16)25(31)28-18-7-10-22(26)21(14-18)24-27-15-17-5-2-3-6-23(17)29-24/h2-3,5-10,13-15H,4,11-12H2,1H3,(H,28,31). The van der Waals surface area contributed by atoms with Crippen LogP contribution in [0.15, 0.2) is 66.9 Å². The molecular formula is C25H21ClN4O3S. The minimum atomic E-state index is -3.28. The van der Waals surface area contributed by atoms with E-state index in [1.165, 1.54) is 4.31 Å². The van der Waals surface area contributed by atoms with Crippen molar-refractivity contribution in [3.05, 3.63) is 83.0 Å². The fourth-order valence-corrected chi connectivity index (χ4v) is 5.82. The largest absolute Gasteiger partial charge is 0.322 e. The smallest absolute Gasteiger partial charge is 0.255 e. The zero-order valence-corrected chi connectivity index (χ0v) is 19.9. The van der Waals surface area contributed by atoms with Gasteiger partial charge in [0.1, 0.15) is 0 Å². The number of amides is 1. The third-order valence-corrected chi connectivity index (χ3v) is 8.00. The SMILES string of the molecule is Cc1cc(N2CCCS2(=O)=O)ccc1C(=O)Nc1ccc(Cl)c(-c2ncc3ccccc3n2)c1. The predicted octanol–water partition coefficient (Wildman–Crippen LogP) is 5.05. The van der Waals surface area contributed by atoms with Gasteiger partial charge in [0.25, 0.3) is 5.91 Å². The van der Waals surface area contributed by atoms with Gasteiger partial charge >= 0.3 is 0 Å². The van der Waals surface area contributed by atoms with Crippen molar-refractivity contribution in [1.82, 2.24) is 9.97 Å². The Morgan fingerprint density at radius 1 is 1.09 bits per heavy atom. The van der Waals surface area contributed by atoms with E-state index in [-0.39, 0.29) is 11.7 Å². The molecule has 1 saturated heterocycles. The average Bonchev–Trinajstić information content (AvgIpc) is 3.18. The lowest BCUT2D eigenvalue weighted by molar-refractivity contribution is 0.102. The van der Waals surface area contributed by atoms with Gasteiger partial charge in [0.2, 0.25) is 10.0 Å². The number of anilines is 2. The van der Waals surface area contributed by atoms with Crippen LogP contribution in [0.1, 0.15) is 22.3 Å². The summed E-state index contributed by atoms with van der Waals surface area (Å²) >= 11 is 6.42. The second-order valence-corrected chi connectivity index (χ2v) is 10.6. The van der Waals surface area contributed by atoms with Crippen LogP contribution in [-0.4, -0.2) is 36.6 Å². The summed E-state index contributed by atoms with van der Waals surface area (Å²) in [7, 11) is -3.28. The van der Waals surface area contributed by atoms with Gasteiger partial charge in [-0.3, -0.25) is 9.10 Å². The quantitative estimate of drug-likeness (QED) is 0.430. The van der Waals surface area contributed by atoms with Crippen molar-refractivity contribution in [1.29, 1.82) is 0 Å². The number of benzene rings is 3. The molecule has 0 radical (unpaired) electrons. The third kappa shape index (κ3) is 4.22. The number of carbonyl (C=O) groups is 1. The number of rotatable bonds is 4. The number of hydrogen-bond donors (Lipinski definition) is 1. The van der Waals surface area contributed by atoms with Gasteiger partial charge in [-0.15, -0.1) is 0 Å². The van der Waals surface area contributed by atoms with Crippen molar-refractivity contribution in [2.24, 2.45) is 0 Å². The average molecular weight is 493 g/mol. The van der Waals surface area contributed by atoms with Crippen LogP contribution in [0.5, 0.6) is 0 Å². The second kappa shape index (κ2) is 8.70. The molecule has 4 aromatic rings. The summed E-state index contributed by atoms with van der Waals surface area (Å²) in [4.78, 5) is 22.0. The summed E-state index contributed by atoms with van der Waals surface area (Å²) in [5, 5.41) is 4.29. The van der Waals surface area contributed by atoms with Gasteiger partial charge in [0.15, 0.2) is 5.82 Å². The Hall–Kier alpha value is -3.49. The molecule has 9 heteroatoms. The number of hydrogen-bond acceptors (Lipinski definition) is 5. The zero-order chi connectivity index (χ0) is 23.9. The maximum absolute atomic E-state index is 13.0. The molecule has 0 bridgehead atoms. The second-order valence-electron chi connectivity index (χ2n) is 8.14. The Morgan fingerprint density at radius 2 is 1.91 bits per heavy atom. The Balaban J connectivity index is 1.41. The first-order chi connectivity index (χ1) is 16.3. The van der Waals surface area contributed by atoms with Crippen LogP contribution < -0.4 is 9.62 Å². The van der Waals surface area contributed by atoms with Gasteiger partial charge in [0, 0.05) is 34.9 Å². The highest BCUT2D eigenvalue weighted by molar-refractivity contribution is 7.93. The molecule has 0 atom stereocenters. The first kappa shape index (κ1) is 22.3. The van der Waals surface area contributed by atoms with Gasteiger partial charge in [0.05, 0.1) is 22.0 Å². The van der Waals surface area contributed by atoms with Crippen LogP contribution in [0.2, 0.25) is 5.02 Å². The maximum Gasteiger partial charge on any atom is 0.255 e. The van der Waals surface area contributed by atoms with E-state index in [1.807, 2.05) is 24.3 Å². The van der Waals surface area contributed by atoms with Crippen molar-refractivity contribution in [3.63, 3.8) is 0 Å². The molecule has 1 N–H and O–H groups in total. The minimum absolute atomic E-state index is 0.147. The van der Waals surface area contributed by atoms with Crippen LogP contribution in [-0.2, 0) is 10.0 Å². The molecule has 7 nitrogen and oxygen atoms in total. The number of aryl methyl sites for hydroxylation is 1. The fraction of sp³-hybridized carbons (Fsp3) is 0.160. The normalized spacial score (nSPS) is 14.9. The number of para-hydroxylation sites is 1. The fourth-order valence-electron chi connectivity index (χ4n) is 4.06. The molecule has 172 valence electrons. The van der Waals surface area contributed by atoms with Crippen LogP contribution in [0.3, 0.4) is 0 Å². The number of sulfonamides is 1. The number of halogens is 1. The molecule has 0 saturated carbocycles. The van der Waals surface area contributed by atoms with Crippen LogP contribution in [0, 0.1) is 6.92 Å². The van der Waals surface area contributed by atoms with E-state index in [1.54, 1.807) is 49.5 Å². The monoisotopic (exact) mass is 492 g/mol. The molecule has 2 heterocycles. The number of aromatic nitrogens is 2. The maximum atomic E-state index is 13.0. The van der Waals surface area contributed by atoms with Crippen molar-refractivity contribution in [2.75, 3.05) is 21.9 Å². The molecule has 1 amide bonds. The zero-order valence-electron chi connectivity index (χ0n) is 18.3. The topological polar surface area (TPSA) is 92.3 Å². The Morgan fingerprint density at radius 3 is 2.68 bits per heavy atom. The first-order valence-electron chi connectivity index (χ1n) is 10.8. The van der Waals surface area contributed by atoms with Crippen LogP contribution >= 0.6 is 11.6 Å². The predicted molar refractivity (Wildman–Crippen MR) is 135 cm³/mol. The molecule has 3 aromatic carbocycles. The molecule has 1 fully saturated rings. The summed E-state index contributed by atoms with van der Waals surface area (Å²) < 4.78 is 25.8. The lowest BCUT2D eigenvalue weighted by Gasteiger charge is -2.18. The van der Waals surface area contributed by atoms with Crippen molar-refractivity contribution < 1.29 is 13.2 Å². The van der Waals surface area contributed by atoms with Gasteiger partial charge in [-0.05, 0) is 61.4 Å². The highest BCUT2D eigenvalue weighted by atomic mass is 35.5. The Kier molecular flexibility index (Phi) is 5.71. The summed E-state index contributed by atoms with van der Waals surface area (Å²) in [5.74, 6) is 0.307. The molecular weight excluding hydrogens is 472 g/mol. The molecule has 0 aliphatic carbocycles. The van der Waals surface area contributed by atoms with E-state index in [2.05, 4.69) is 15.3 Å². The van der Waals surface area contributed by atoms with Crippen LogP contribution in [0.25, 0.3) is 22.3 Å². The lowest BCUT2D eigenvalue weighted by Crippen LogP contribution is -2.25. The van der Waals surface area contributed by atoms with Crippen molar-refractivity contribution in [2.45, 2.75) is 13.3 Å². The van der Waals surface area contributed by atoms with Gasteiger partial charge in [-0.1, -0.05) is 29.8 Å². The van der Waals surface area contributed by atoms with Gasteiger partial charge in [-0.25, -0.2) is 18.4 Å². The number of nitrogens with zero attached hydrogens (tertiary/aromatic N) is 3. The first-order valence-corrected chi connectivity index (χ1v) is 12.7. The molecule has 1 aliphatic rings. The Bertz CT molecular complexity index is 1540. The van der Waals surface area contributed by atoms with E-state index in [9.17, 15) is 13.2 Å². The highest BCUT2D eigenvalue weighted by Crippen LogP contribution is 2.30. The molecule has 0 unspecified atom stereocenters. The van der Waals surface area contributed by atoms with Crippen molar-refractivity contribution >= 4 is 49.8 Å². The summed E-state index contributed by atoms with van der Waals surface area (Å²) in [6.45, 7) is 2.25. The highest BCUT2D eigenvalue weighted by Gasteiger charge is 2.28. The number of fused-ring (bicyclic) bond motifs is 1. The molecule has 0 spiro atoms. The number of nitrogens with one attached hydrogen (secondary N) is 1. The summed E-state index contributed by atoms with van der Waals surface area (Å²) in [5.41, 5.74) is 3.67. The minimum Gasteiger partial charge on any atom is -0.322 e. The Labute approximate surface area is 202 Å². The molecule has 5 rings (SSSR count). The van der Waals surface area contributed by atoms with E-state index in [4.69, 9.17) is 11.6 Å². The van der Waals surface area contributed by atoms with Crippen LogP contribution in [0.4, 0.5) is 11.4 Å². The van der Waals surface area contributed by atoms with E-state index < -0.39 is 10.0 Å². The van der Waals surface area contributed by atoms with Gasteiger partial charge in [-0.2, -0.15) is 0 Å². The lowest BCUT2D eigenvalue weighted by atomic mass is 10.1. The van der Waals surface area contributed by atoms with Crippen molar-refractivity contribution in [3.8, 4) is 11.4 Å². The molecule has 34 heavy (non-hydrogen) atoms. The molecule has 1 aromatic heterocycles. The summed E-state index contributed by atoms with van der Waals surface area (Å²) in [6, 6.07) is 17.9. The van der Waals surface area contributed by atoms with Gasteiger partial charge < -0.3 is 5.32 Å². The van der Waals surface area contributed by atoms with E-state index >= 15 is 0 Å².